The minimum absolute atomic E-state index is 0.300. The van der Waals surface area contributed by atoms with Crippen molar-refractivity contribution in [2.75, 3.05) is 29.3 Å². The van der Waals surface area contributed by atoms with Gasteiger partial charge in [0.25, 0.3) is 0 Å². The van der Waals surface area contributed by atoms with Gasteiger partial charge in [0.15, 0.2) is 0 Å². The van der Waals surface area contributed by atoms with E-state index in [1.165, 1.54) is 5.30 Å². The van der Waals surface area contributed by atoms with Crippen LogP contribution in [-0.2, 0) is 0 Å². The maximum absolute atomic E-state index is 13.5. The molecule has 0 unspecified atom stereocenters. The third-order valence-electron chi connectivity index (χ3n) is 7.66. The van der Waals surface area contributed by atoms with Gasteiger partial charge in [-0.3, -0.25) is 10.4 Å². The number of fused-ring (bicyclic) bond motifs is 2. The normalized spacial score (nSPS) is 11.8. The summed E-state index contributed by atoms with van der Waals surface area (Å²) >= 11 is 0. The van der Waals surface area contributed by atoms with Crippen LogP contribution in [0.25, 0.3) is 21.7 Å². The van der Waals surface area contributed by atoms with Gasteiger partial charge in [-0.05, 0) is 61.1 Å². The van der Waals surface area contributed by atoms with Crippen LogP contribution in [0.3, 0.4) is 0 Å². The molecule has 12 heteroatoms. The average Bonchev–Trinajstić information content (AvgIpc) is 3.54. The Hall–Kier alpha value is -5.80. The fraction of sp³-hybridized carbons (Fsp3) is 0.162. The molecule has 0 atom stereocenters. The number of urea groups is 1. The molecule has 11 nitrogen and oxygen atoms in total. The van der Waals surface area contributed by atoms with Gasteiger partial charge in [0.2, 0.25) is 11.8 Å². The summed E-state index contributed by atoms with van der Waals surface area (Å²) < 4.78 is 6.24. The number of nitrogens with one attached hydrogen (secondary N) is 6. The van der Waals surface area contributed by atoms with Crippen LogP contribution in [0.2, 0.25) is 0 Å². The van der Waals surface area contributed by atoms with E-state index in [-0.39, 0.29) is 7.92 Å². The van der Waals surface area contributed by atoms with Crippen molar-refractivity contribution < 1.29 is 9.53 Å². The summed E-state index contributed by atoms with van der Waals surface area (Å²) in [6, 6.07) is 26.4. The molecule has 0 fully saturated rings. The predicted molar refractivity (Wildman–Crippen MR) is 201 cm³/mol. The molecule has 0 spiro atoms. The van der Waals surface area contributed by atoms with Crippen LogP contribution in [0, 0.1) is 10.8 Å². The highest BCUT2D eigenvalue weighted by molar-refractivity contribution is 7.64. The molecule has 2 aromatic heterocycles. The molecule has 0 bridgehead atoms. The number of allylic oxidation sites excluding steroid dienone is 1. The minimum atomic E-state index is -0.455. The Labute approximate surface area is 285 Å². The van der Waals surface area contributed by atoms with E-state index in [0.717, 1.165) is 33.1 Å². The molecule has 0 saturated heterocycles. The SMILES string of the molecule is CP(C)c1cccc(N/C(=C\C(=N)C(C)(C)C)NC(=O)Nc2ccc(Oc3ccnc(Nc4ccc5[nH]ncc5c4)n3)c3ccccc23)c1. The molecule has 2 amide bonds. The molecule has 2 heterocycles. The Balaban J connectivity index is 1.20. The predicted octanol–water partition coefficient (Wildman–Crippen LogP) is 8.55. The summed E-state index contributed by atoms with van der Waals surface area (Å²) in [6.07, 6.45) is 5.04. The zero-order valence-corrected chi connectivity index (χ0v) is 28.8. The Morgan fingerprint density at radius 1 is 0.918 bits per heavy atom. The third kappa shape index (κ3) is 8.20. The second-order valence-corrected chi connectivity index (χ2v) is 15.0. The van der Waals surface area contributed by atoms with Crippen molar-refractivity contribution in [2.24, 2.45) is 5.41 Å². The third-order valence-corrected chi connectivity index (χ3v) is 8.97. The summed E-state index contributed by atoms with van der Waals surface area (Å²) in [7, 11) is -0.300. The van der Waals surface area contributed by atoms with E-state index in [1.54, 1.807) is 36.7 Å². The summed E-state index contributed by atoms with van der Waals surface area (Å²) in [5.74, 6) is 1.70. The van der Waals surface area contributed by atoms with E-state index >= 15 is 0 Å². The number of nitrogens with zero attached hydrogens (tertiary/aromatic N) is 3. The number of amides is 2. The van der Waals surface area contributed by atoms with Gasteiger partial charge in [0, 0.05) is 57.0 Å². The van der Waals surface area contributed by atoms with Crippen LogP contribution in [0.15, 0.2) is 109 Å². The largest absolute Gasteiger partial charge is 0.438 e. The first-order valence-electron chi connectivity index (χ1n) is 15.7. The van der Waals surface area contributed by atoms with Gasteiger partial charge in [-0.2, -0.15) is 10.1 Å². The number of H-pyrrole nitrogens is 1. The number of ether oxygens (including phenoxy) is 1. The van der Waals surface area contributed by atoms with Crippen LogP contribution in [0.5, 0.6) is 11.6 Å². The first kappa shape index (κ1) is 33.1. The number of anilines is 4. The second kappa shape index (κ2) is 14.1. The Morgan fingerprint density at radius 2 is 1.73 bits per heavy atom. The van der Waals surface area contributed by atoms with Gasteiger partial charge in [0.05, 0.1) is 17.4 Å². The topological polar surface area (TPSA) is 153 Å². The zero-order valence-electron chi connectivity index (χ0n) is 27.9. The van der Waals surface area contributed by atoms with Gasteiger partial charge in [-0.25, -0.2) is 9.78 Å². The number of hydrogen-bond acceptors (Lipinski definition) is 8. The highest BCUT2D eigenvalue weighted by atomic mass is 31.1. The molecule has 0 aliphatic heterocycles. The summed E-state index contributed by atoms with van der Waals surface area (Å²) in [4.78, 5) is 22.4. The van der Waals surface area contributed by atoms with Crippen molar-refractivity contribution in [2.45, 2.75) is 20.8 Å². The van der Waals surface area contributed by atoms with Crippen molar-refractivity contribution in [3.05, 3.63) is 109 Å². The lowest BCUT2D eigenvalue weighted by atomic mass is 9.90. The summed E-state index contributed by atoms with van der Waals surface area (Å²) in [5.41, 5.74) is 3.14. The Kier molecular flexibility index (Phi) is 9.55. The number of carbonyl (C=O) groups excluding carboxylic acids is 1. The molecular weight excluding hydrogens is 633 g/mol. The van der Waals surface area contributed by atoms with E-state index in [0.29, 0.717) is 34.8 Å². The fourth-order valence-electron chi connectivity index (χ4n) is 4.95. The van der Waals surface area contributed by atoms with E-state index in [4.69, 9.17) is 10.1 Å². The number of hydrogen-bond donors (Lipinski definition) is 6. The molecule has 248 valence electrons. The highest BCUT2D eigenvalue weighted by Crippen LogP contribution is 2.34. The fourth-order valence-corrected chi connectivity index (χ4v) is 5.73. The van der Waals surface area contributed by atoms with Crippen molar-refractivity contribution in [1.82, 2.24) is 25.5 Å². The highest BCUT2D eigenvalue weighted by Gasteiger charge is 2.18. The van der Waals surface area contributed by atoms with Crippen molar-refractivity contribution in [1.29, 1.82) is 5.41 Å². The minimum Gasteiger partial charge on any atom is -0.438 e. The van der Waals surface area contributed by atoms with E-state index in [9.17, 15) is 4.79 Å². The monoisotopic (exact) mass is 671 g/mol. The molecule has 6 rings (SSSR count). The number of benzene rings is 4. The number of aromatic nitrogens is 4. The van der Waals surface area contributed by atoms with Gasteiger partial charge < -0.3 is 26.1 Å². The van der Waals surface area contributed by atoms with Crippen LogP contribution in [0.1, 0.15) is 20.8 Å². The van der Waals surface area contributed by atoms with E-state index < -0.39 is 11.4 Å². The Bertz CT molecular complexity index is 2190. The van der Waals surface area contributed by atoms with E-state index in [1.807, 2.05) is 75.4 Å². The van der Waals surface area contributed by atoms with Crippen molar-refractivity contribution >= 4 is 69.7 Å². The van der Waals surface area contributed by atoms with Gasteiger partial charge >= 0.3 is 6.03 Å². The zero-order chi connectivity index (χ0) is 34.5. The van der Waals surface area contributed by atoms with E-state index in [2.05, 4.69) is 66.9 Å². The molecule has 49 heavy (non-hydrogen) atoms. The number of carbonyl (C=O) groups is 1. The Morgan fingerprint density at radius 3 is 2.53 bits per heavy atom. The van der Waals surface area contributed by atoms with Crippen molar-refractivity contribution in [3.63, 3.8) is 0 Å². The average molecular weight is 672 g/mol. The standard InChI is InChI=1S/C37H38N9O2P/c1-37(2,3)32(38)21-33(41-24-9-8-10-26(20-24)49(4)5)44-36(47)43-30-15-16-31(28-12-7-6-11-27(28)30)48-34-17-18-39-35(45-34)42-25-13-14-29-23(19-25)22-40-46-29/h6-22,38,41H,1-5H3,(H,40,46)(H,39,42,45)(H2,43,44,47)/b33-21+,38-32?. The first-order valence-corrected chi connectivity index (χ1v) is 17.9. The molecule has 0 saturated carbocycles. The van der Waals surface area contributed by atoms with Gasteiger partial charge in [0.1, 0.15) is 11.6 Å². The van der Waals surface area contributed by atoms with Crippen LogP contribution in [-0.4, -0.2) is 45.2 Å². The lowest BCUT2D eigenvalue weighted by molar-refractivity contribution is 0.254. The molecule has 4 aromatic carbocycles. The lowest BCUT2D eigenvalue weighted by Gasteiger charge is -2.20. The summed E-state index contributed by atoms with van der Waals surface area (Å²) in [6.45, 7) is 10.3. The quantitative estimate of drug-likeness (QED) is 0.0630. The first-order chi connectivity index (χ1) is 23.5. The van der Waals surface area contributed by atoms with Crippen LogP contribution in [0.4, 0.5) is 27.8 Å². The summed E-state index contributed by atoms with van der Waals surface area (Å²) in [5, 5.41) is 31.8. The van der Waals surface area contributed by atoms with Crippen LogP contribution < -0.4 is 31.3 Å². The number of aromatic amines is 1. The molecular formula is C37H38N9O2P. The maximum Gasteiger partial charge on any atom is 0.324 e. The van der Waals surface area contributed by atoms with Gasteiger partial charge in [-0.1, -0.05) is 65.1 Å². The van der Waals surface area contributed by atoms with Crippen molar-refractivity contribution in [3.8, 4) is 11.6 Å². The molecule has 0 radical (unpaired) electrons. The molecule has 0 aliphatic rings. The maximum atomic E-state index is 13.5. The van der Waals surface area contributed by atoms with Gasteiger partial charge in [-0.15, -0.1) is 0 Å². The molecule has 6 N–H and O–H groups in total. The van der Waals surface area contributed by atoms with Crippen LogP contribution >= 0.6 is 7.92 Å². The lowest BCUT2D eigenvalue weighted by Crippen LogP contribution is -2.33. The smallest absolute Gasteiger partial charge is 0.324 e. The number of rotatable bonds is 10. The second-order valence-electron chi connectivity index (χ2n) is 12.6. The molecule has 0 aliphatic carbocycles. The molecule has 6 aromatic rings.